The summed E-state index contributed by atoms with van der Waals surface area (Å²) in [6, 6.07) is 8.65. The molecule has 0 aliphatic heterocycles. The predicted molar refractivity (Wildman–Crippen MR) is 79.5 cm³/mol. The van der Waals surface area contributed by atoms with Crippen molar-refractivity contribution in [3.05, 3.63) is 24.3 Å². The van der Waals surface area contributed by atoms with E-state index in [1.54, 1.807) is 7.11 Å². The molecule has 18 heavy (non-hydrogen) atoms. The second kappa shape index (κ2) is 7.98. The molecule has 1 aromatic rings. The van der Waals surface area contributed by atoms with Crippen LogP contribution in [0.3, 0.4) is 0 Å². The van der Waals surface area contributed by atoms with Gasteiger partial charge in [0.25, 0.3) is 0 Å². The van der Waals surface area contributed by atoms with E-state index < -0.39 is 0 Å². The van der Waals surface area contributed by atoms with E-state index in [9.17, 15) is 0 Å². The first-order chi connectivity index (χ1) is 8.71. The number of ether oxygens (including phenoxy) is 1. The minimum Gasteiger partial charge on any atom is -0.385 e. The predicted octanol–water partition coefficient (Wildman–Crippen LogP) is 3.23. The van der Waals surface area contributed by atoms with Gasteiger partial charge in [-0.05, 0) is 44.0 Å². The van der Waals surface area contributed by atoms with Crippen LogP contribution in [0.5, 0.6) is 0 Å². The standard InChI is InChI=1S/C15H26N2O/c1-5-17(6-2)15-9-7-14(8-10-15)16-11-13(3)12-18-4/h7-10,13,16H,5-6,11-12H2,1-4H3. The summed E-state index contributed by atoms with van der Waals surface area (Å²) in [7, 11) is 1.75. The van der Waals surface area contributed by atoms with Crippen LogP contribution >= 0.6 is 0 Å². The van der Waals surface area contributed by atoms with Crippen molar-refractivity contribution in [2.45, 2.75) is 20.8 Å². The number of hydrogen-bond donors (Lipinski definition) is 1. The maximum Gasteiger partial charge on any atom is 0.0504 e. The molecule has 3 nitrogen and oxygen atoms in total. The summed E-state index contributed by atoms with van der Waals surface area (Å²) in [5.41, 5.74) is 2.46. The third-order valence-electron chi connectivity index (χ3n) is 3.10. The van der Waals surface area contributed by atoms with Gasteiger partial charge in [-0.15, -0.1) is 0 Å². The van der Waals surface area contributed by atoms with Crippen molar-refractivity contribution in [2.24, 2.45) is 5.92 Å². The molecule has 1 rings (SSSR count). The summed E-state index contributed by atoms with van der Waals surface area (Å²) in [6.45, 7) is 10.4. The van der Waals surface area contributed by atoms with Gasteiger partial charge in [0.2, 0.25) is 0 Å². The van der Waals surface area contributed by atoms with Crippen LogP contribution in [0.25, 0.3) is 0 Å². The zero-order valence-electron chi connectivity index (χ0n) is 12.1. The molecule has 0 heterocycles. The van der Waals surface area contributed by atoms with Crippen LogP contribution in [0.4, 0.5) is 11.4 Å². The number of benzene rings is 1. The normalized spacial score (nSPS) is 12.2. The Labute approximate surface area is 111 Å². The molecular formula is C15H26N2O. The maximum atomic E-state index is 5.13. The summed E-state index contributed by atoms with van der Waals surface area (Å²) in [4.78, 5) is 2.34. The number of nitrogens with one attached hydrogen (secondary N) is 1. The van der Waals surface area contributed by atoms with Gasteiger partial charge in [-0.1, -0.05) is 6.92 Å². The Morgan fingerprint density at radius 3 is 2.28 bits per heavy atom. The van der Waals surface area contributed by atoms with E-state index in [0.29, 0.717) is 5.92 Å². The van der Waals surface area contributed by atoms with Crippen LogP contribution in [0, 0.1) is 5.92 Å². The summed E-state index contributed by atoms with van der Waals surface area (Å²) in [5, 5.41) is 3.43. The van der Waals surface area contributed by atoms with E-state index >= 15 is 0 Å². The number of rotatable bonds is 8. The lowest BCUT2D eigenvalue weighted by Crippen LogP contribution is -2.21. The van der Waals surface area contributed by atoms with Crippen molar-refractivity contribution in [3.63, 3.8) is 0 Å². The Hall–Kier alpha value is -1.22. The van der Waals surface area contributed by atoms with Crippen molar-refractivity contribution in [2.75, 3.05) is 43.6 Å². The molecule has 1 N–H and O–H groups in total. The Morgan fingerprint density at radius 1 is 1.17 bits per heavy atom. The minimum atomic E-state index is 0.525. The van der Waals surface area contributed by atoms with Gasteiger partial charge in [0, 0.05) is 38.1 Å². The molecule has 0 amide bonds. The van der Waals surface area contributed by atoms with Gasteiger partial charge in [0.1, 0.15) is 0 Å². The third kappa shape index (κ3) is 4.57. The van der Waals surface area contributed by atoms with E-state index in [4.69, 9.17) is 4.74 Å². The highest BCUT2D eigenvalue weighted by Gasteiger charge is 2.03. The topological polar surface area (TPSA) is 24.5 Å². The number of anilines is 2. The van der Waals surface area contributed by atoms with Gasteiger partial charge in [-0.25, -0.2) is 0 Å². The quantitative estimate of drug-likeness (QED) is 0.766. The smallest absolute Gasteiger partial charge is 0.0504 e. The first-order valence-electron chi connectivity index (χ1n) is 6.79. The molecule has 0 aromatic heterocycles. The van der Waals surface area contributed by atoms with Gasteiger partial charge in [-0.2, -0.15) is 0 Å². The summed E-state index contributed by atoms with van der Waals surface area (Å²) in [5.74, 6) is 0.525. The zero-order valence-corrected chi connectivity index (χ0v) is 12.1. The minimum absolute atomic E-state index is 0.525. The molecular weight excluding hydrogens is 224 g/mol. The summed E-state index contributed by atoms with van der Waals surface area (Å²) in [6.07, 6.45) is 0. The molecule has 0 saturated heterocycles. The largest absolute Gasteiger partial charge is 0.385 e. The lowest BCUT2D eigenvalue weighted by molar-refractivity contribution is 0.164. The third-order valence-corrected chi connectivity index (χ3v) is 3.10. The average Bonchev–Trinajstić information content (AvgIpc) is 2.39. The van der Waals surface area contributed by atoms with Crippen LogP contribution in [-0.2, 0) is 4.74 Å². The molecule has 3 heteroatoms. The molecule has 0 fully saturated rings. The molecule has 0 radical (unpaired) electrons. The number of methoxy groups -OCH3 is 1. The second-order valence-electron chi connectivity index (χ2n) is 4.66. The van der Waals surface area contributed by atoms with Gasteiger partial charge in [0.15, 0.2) is 0 Å². The van der Waals surface area contributed by atoms with E-state index in [1.165, 1.54) is 11.4 Å². The maximum absolute atomic E-state index is 5.13. The molecule has 0 bridgehead atoms. The van der Waals surface area contributed by atoms with E-state index in [1.807, 2.05) is 0 Å². The van der Waals surface area contributed by atoms with E-state index in [-0.39, 0.29) is 0 Å². The fraction of sp³-hybridized carbons (Fsp3) is 0.600. The zero-order chi connectivity index (χ0) is 13.4. The molecule has 102 valence electrons. The van der Waals surface area contributed by atoms with Crippen LogP contribution in [0.15, 0.2) is 24.3 Å². The van der Waals surface area contributed by atoms with E-state index in [0.717, 1.165) is 26.2 Å². The highest BCUT2D eigenvalue weighted by atomic mass is 16.5. The lowest BCUT2D eigenvalue weighted by atomic mass is 10.2. The number of nitrogens with zero attached hydrogens (tertiary/aromatic N) is 1. The fourth-order valence-corrected chi connectivity index (χ4v) is 2.01. The Balaban J connectivity index is 2.49. The van der Waals surface area contributed by atoms with Crippen molar-refractivity contribution in [3.8, 4) is 0 Å². The fourth-order valence-electron chi connectivity index (χ4n) is 2.01. The first kappa shape index (κ1) is 14.8. The highest BCUT2D eigenvalue weighted by molar-refractivity contribution is 5.55. The second-order valence-corrected chi connectivity index (χ2v) is 4.66. The molecule has 1 atom stereocenters. The Morgan fingerprint density at radius 2 is 1.78 bits per heavy atom. The van der Waals surface area contributed by atoms with Crippen LogP contribution < -0.4 is 10.2 Å². The van der Waals surface area contributed by atoms with Crippen molar-refractivity contribution < 1.29 is 4.74 Å². The average molecular weight is 250 g/mol. The SMILES string of the molecule is CCN(CC)c1ccc(NCC(C)COC)cc1. The van der Waals surface area contributed by atoms with Crippen LogP contribution in [-0.4, -0.2) is 33.4 Å². The molecule has 0 aliphatic carbocycles. The van der Waals surface area contributed by atoms with Crippen LogP contribution in [0.2, 0.25) is 0 Å². The number of hydrogen-bond acceptors (Lipinski definition) is 3. The van der Waals surface area contributed by atoms with Crippen molar-refractivity contribution >= 4 is 11.4 Å². The Kier molecular flexibility index (Phi) is 6.58. The summed E-state index contributed by atoms with van der Waals surface area (Å²) < 4.78 is 5.13. The highest BCUT2D eigenvalue weighted by Crippen LogP contribution is 2.17. The molecule has 0 aliphatic rings. The summed E-state index contributed by atoms with van der Waals surface area (Å²) >= 11 is 0. The monoisotopic (exact) mass is 250 g/mol. The molecule has 0 spiro atoms. The van der Waals surface area contributed by atoms with Crippen LogP contribution in [0.1, 0.15) is 20.8 Å². The molecule has 1 aromatic carbocycles. The Bertz CT molecular complexity index is 320. The van der Waals surface area contributed by atoms with Gasteiger partial charge >= 0.3 is 0 Å². The van der Waals surface area contributed by atoms with Crippen molar-refractivity contribution in [1.29, 1.82) is 0 Å². The van der Waals surface area contributed by atoms with Gasteiger partial charge in [-0.3, -0.25) is 0 Å². The first-order valence-corrected chi connectivity index (χ1v) is 6.79. The van der Waals surface area contributed by atoms with Gasteiger partial charge in [0.05, 0.1) is 6.61 Å². The lowest BCUT2D eigenvalue weighted by Gasteiger charge is -2.21. The van der Waals surface area contributed by atoms with E-state index in [2.05, 4.69) is 55.3 Å². The van der Waals surface area contributed by atoms with Gasteiger partial charge < -0.3 is 15.0 Å². The molecule has 1 unspecified atom stereocenters. The van der Waals surface area contributed by atoms with Crippen molar-refractivity contribution in [1.82, 2.24) is 0 Å². The molecule has 0 saturated carbocycles.